The van der Waals surface area contributed by atoms with Gasteiger partial charge >= 0.3 is 0 Å². The number of hydrogen-bond acceptors (Lipinski definition) is 3. The van der Waals surface area contributed by atoms with E-state index in [0.29, 0.717) is 13.2 Å². The van der Waals surface area contributed by atoms with Crippen molar-refractivity contribution in [2.45, 2.75) is 6.61 Å². The van der Waals surface area contributed by atoms with Gasteiger partial charge in [0.05, 0.1) is 20.8 Å². The molecular formula is C11H15O3. The topological polar surface area (TPSA) is 27.7 Å². The summed E-state index contributed by atoms with van der Waals surface area (Å²) in [7, 11) is 3.23. The molecule has 1 radical (unpaired) electrons. The molecule has 0 aliphatic carbocycles. The van der Waals surface area contributed by atoms with Gasteiger partial charge in [0.2, 0.25) is 0 Å². The molecule has 0 N–H and O–H groups in total. The van der Waals surface area contributed by atoms with Gasteiger partial charge in [0.15, 0.2) is 11.5 Å². The second-order valence-electron chi connectivity index (χ2n) is 2.74. The maximum Gasteiger partial charge on any atom is 0.161 e. The number of rotatable bonds is 5. The average Bonchev–Trinajstić information content (AvgIpc) is 2.25. The van der Waals surface area contributed by atoms with Crippen molar-refractivity contribution < 1.29 is 14.2 Å². The van der Waals surface area contributed by atoms with Crippen LogP contribution in [0.25, 0.3) is 0 Å². The first kappa shape index (κ1) is 10.9. The predicted molar refractivity (Wildman–Crippen MR) is 54.6 cm³/mol. The summed E-state index contributed by atoms with van der Waals surface area (Å²) in [6.07, 6.45) is 0. The quantitative estimate of drug-likeness (QED) is 0.719. The molecule has 1 aromatic rings. The molecule has 1 aromatic carbocycles. The van der Waals surface area contributed by atoms with Crippen molar-refractivity contribution in [1.29, 1.82) is 0 Å². The molecule has 0 aliphatic rings. The number of benzene rings is 1. The van der Waals surface area contributed by atoms with Crippen LogP contribution in [0.1, 0.15) is 5.56 Å². The number of ether oxygens (including phenoxy) is 3. The predicted octanol–water partition coefficient (Wildman–Crippen LogP) is 2.05. The zero-order valence-corrected chi connectivity index (χ0v) is 8.58. The van der Waals surface area contributed by atoms with Crippen LogP contribution in [0.5, 0.6) is 11.5 Å². The smallest absolute Gasteiger partial charge is 0.161 e. The molecule has 0 atom stereocenters. The van der Waals surface area contributed by atoms with Gasteiger partial charge in [-0.3, -0.25) is 0 Å². The molecule has 0 aliphatic heterocycles. The minimum Gasteiger partial charge on any atom is -0.493 e. The molecule has 0 bridgehead atoms. The van der Waals surface area contributed by atoms with Crippen LogP contribution in [0.3, 0.4) is 0 Å². The Hall–Kier alpha value is -1.22. The van der Waals surface area contributed by atoms with Gasteiger partial charge in [0, 0.05) is 6.61 Å². The van der Waals surface area contributed by atoms with E-state index in [0.717, 1.165) is 17.1 Å². The molecule has 0 aromatic heterocycles. The molecule has 14 heavy (non-hydrogen) atoms. The Morgan fingerprint density at radius 2 is 1.86 bits per heavy atom. The highest BCUT2D eigenvalue weighted by Gasteiger charge is 2.03. The first-order chi connectivity index (χ1) is 6.81. The van der Waals surface area contributed by atoms with E-state index in [1.165, 1.54) is 0 Å². The van der Waals surface area contributed by atoms with Crippen LogP contribution in [-0.4, -0.2) is 20.8 Å². The third-order valence-corrected chi connectivity index (χ3v) is 1.86. The Bertz CT molecular complexity index is 284. The molecule has 0 heterocycles. The third-order valence-electron chi connectivity index (χ3n) is 1.86. The van der Waals surface area contributed by atoms with Crippen LogP contribution in [0.4, 0.5) is 0 Å². The molecule has 3 nitrogen and oxygen atoms in total. The number of hydrogen-bond donors (Lipinski definition) is 0. The van der Waals surface area contributed by atoms with Crippen molar-refractivity contribution in [1.82, 2.24) is 0 Å². The minimum absolute atomic E-state index is 0.467. The first-order valence-electron chi connectivity index (χ1n) is 4.39. The first-order valence-corrected chi connectivity index (χ1v) is 4.39. The molecule has 77 valence electrons. The van der Waals surface area contributed by atoms with E-state index >= 15 is 0 Å². The van der Waals surface area contributed by atoms with Crippen LogP contribution >= 0.6 is 0 Å². The van der Waals surface area contributed by atoms with E-state index in [-0.39, 0.29) is 0 Å². The highest BCUT2D eigenvalue weighted by molar-refractivity contribution is 5.42. The second kappa shape index (κ2) is 5.50. The zero-order chi connectivity index (χ0) is 10.4. The molecule has 3 heteroatoms. The van der Waals surface area contributed by atoms with Gasteiger partial charge in [-0.25, -0.2) is 0 Å². The molecular weight excluding hydrogens is 180 g/mol. The van der Waals surface area contributed by atoms with E-state index < -0.39 is 0 Å². The standard InChI is InChI=1S/C11H15O3/c1-4-14-8-9-5-6-10(12-2)11(7-9)13-3/h5-7H,1,4,8H2,2-3H3. The summed E-state index contributed by atoms with van der Waals surface area (Å²) >= 11 is 0. The fourth-order valence-corrected chi connectivity index (χ4v) is 1.16. The highest BCUT2D eigenvalue weighted by Crippen LogP contribution is 2.27. The van der Waals surface area contributed by atoms with Crippen molar-refractivity contribution in [3.63, 3.8) is 0 Å². The summed E-state index contributed by atoms with van der Waals surface area (Å²) in [4.78, 5) is 0. The Morgan fingerprint density at radius 3 is 2.43 bits per heavy atom. The van der Waals surface area contributed by atoms with Gasteiger partial charge in [0.1, 0.15) is 0 Å². The maximum atomic E-state index is 5.19. The van der Waals surface area contributed by atoms with Crippen molar-refractivity contribution >= 4 is 0 Å². The minimum atomic E-state index is 0.467. The van der Waals surface area contributed by atoms with E-state index in [4.69, 9.17) is 14.2 Å². The zero-order valence-electron chi connectivity index (χ0n) is 8.58. The van der Waals surface area contributed by atoms with Gasteiger partial charge < -0.3 is 14.2 Å². The van der Waals surface area contributed by atoms with Gasteiger partial charge in [-0.2, -0.15) is 0 Å². The van der Waals surface area contributed by atoms with Crippen LogP contribution in [0.2, 0.25) is 0 Å². The van der Waals surface area contributed by atoms with Crippen LogP contribution in [0.15, 0.2) is 18.2 Å². The van der Waals surface area contributed by atoms with Crippen molar-refractivity contribution in [3.05, 3.63) is 30.7 Å². The van der Waals surface area contributed by atoms with Crippen molar-refractivity contribution in [2.24, 2.45) is 0 Å². The van der Waals surface area contributed by atoms with E-state index in [1.54, 1.807) is 14.2 Å². The van der Waals surface area contributed by atoms with Crippen LogP contribution in [-0.2, 0) is 11.3 Å². The van der Waals surface area contributed by atoms with Crippen molar-refractivity contribution in [3.8, 4) is 11.5 Å². The largest absolute Gasteiger partial charge is 0.493 e. The van der Waals surface area contributed by atoms with Gasteiger partial charge in [-0.1, -0.05) is 6.07 Å². The summed E-state index contributed by atoms with van der Waals surface area (Å²) in [6, 6.07) is 5.70. The Balaban J connectivity index is 2.79. The monoisotopic (exact) mass is 195 g/mol. The molecule has 0 saturated carbocycles. The summed E-state index contributed by atoms with van der Waals surface area (Å²) in [5.74, 6) is 1.45. The lowest BCUT2D eigenvalue weighted by molar-refractivity contribution is 0.147. The Kier molecular flexibility index (Phi) is 4.26. The lowest BCUT2D eigenvalue weighted by Gasteiger charge is -2.09. The van der Waals surface area contributed by atoms with Gasteiger partial charge in [-0.15, -0.1) is 0 Å². The third kappa shape index (κ3) is 2.64. The van der Waals surface area contributed by atoms with Crippen molar-refractivity contribution in [2.75, 3.05) is 20.8 Å². The fraction of sp³-hybridized carbons (Fsp3) is 0.364. The molecule has 0 spiro atoms. The highest BCUT2D eigenvalue weighted by atomic mass is 16.5. The Labute approximate surface area is 84.6 Å². The van der Waals surface area contributed by atoms with E-state index in [1.807, 2.05) is 18.2 Å². The summed E-state index contributed by atoms with van der Waals surface area (Å²) in [5.41, 5.74) is 1.05. The average molecular weight is 195 g/mol. The molecule has 0 unspecified atom stereocenters. The van der Waals surface area contributed by atoms with Crippen LogP contribution < -0.4 is 9.47 Å². The lowest BCUT2D eigenvalue weighted by Crippen LogP contribution is -1.95. The normalized spacial score (nSPS) is 9.93. The Morgan fingerprint density at radius 1 is 1.14 bits per heavy atom. The van der Waals surface area contributed by atoms with E-state index in [9.17, 15) is 0 Å². The van der Waals surface area contributed by atoms with Gasteiger partial charge in [0.25, 0.3) is 0 Å². The summed E-state index contributed by atoms with van der Waals surface area (Å²) < 4.78 is 15.5. The van der Waals surface area contributed by atoms with Crippen LogP contribution in [0, 0.1) is 6.92 Å². The maximum absolute atomic E-state index is 5.19. The molecule has 0 fully saturated rings. The molecule has 0 saturated heterocycles. The molecule has 0 amide bonds. The lowest BCUT2D eigenvalue weighted by atomic mass is 10.2. The summed E-state index contributed by atoms with van der Waals surface area (Å²) in [5, 5.41) is 0. The fourth-order valence-electron chi connectivity index (χ4n) is 1.16. The molecule has 1 rings (SSSR count). The SMILES string of the molecule is [CH2]COCc1ccc(OC)c(OC)c1. The van der Waals surface area contributed by atoms with Gasteiger partial charge in [-0.05, 0) is 24.6 Å². The summed E-state index contributed by atoms with van der Waals surface area (Å²) in [6.45, 7) is 4.61. The second-order valence-corrected chi connectivity index (χ2v) is 2.74. The number of methoxy groups -OCH3 is 2. The van der Waals surface area contributed by atoms with E-state index in [2.05, 4.69) is 6.92 Å².